The Morgan fingerprint density at radius 2 is 1.75 bits per heavy atom. The summed E-state index contributed by atoms with van der Waals surface area (Å²) in [6.45, 7) is 14.7. The first-order chi connectivity index (χ1) is 13.2. The summed E-state index contributed by atoms with van der Waals surface area (Å²) in [7, 11) is 0. The minimum absolute atomic E-state index is 0.208. The number of allylic oxidation sites excluding steroid dienone is 5. The van der Waals surface area contributed by atoms with E-state index in [4.69, 9.17) is 0 Å². The number of hydrogen-bond acceptors (Lipinski definition) is 3. The maximum absolute atomic E-state index is 11.4. The number of rotatable bonds is 9. The van der Waals surface area contributed by atoms with Crippen LogP contribution in [0.25, 0.3) is 5.57 Å². The number of aliphatic imine (C=N–C) groups is 1. The van der Waals surface area contributed by atoms with Crippen molar-refractivity contribution in [3.63, 3.8) is 0 Å². The second-order valence-corrected chi connectivity index (χ2v) is 6.78. The molecule has 2 N–H and O–H groups in total. The standard InChI is InChI=1S/C24H31NO3/c1-7-12-25-15-21(24(27)28)22(26)14-20(8-2)18(5)13-19(6)23-16(3)10-9-11-17(23)4/h9-11,13-15,26H,6-8,12H2,1-5H3,(H,27,28)/b18-13+,20-14+,22-21-,25-15?. The van der Waals surface area contributed by atoms with Crippen LogP contribution in [0.2, 0.25) is 0 Å². The molecule has 28 heavy (non-hydrogen) atoms. The molecule has 1 aromatic rings. The van der Waals surface area contributed by atoms with Gasteiger partial charge in [-0.3, -0.25) is 4.99 Å². The lowest BCUT2D eigenvalue weighted by atomic mass is 9.93. The van der Waals surface area contributed by atoms with Crippen LogP contribution in [0.3, 0.4) is 0 Å². The third-order valence-electron chi connectivity index (χ3n) is 4.47. The molecule has 0 amide bonds. The fraction of sp³-hybridized carbons (Fsp3) is 0.333. The molecule has 1 rings (SSSR count). The van der Waals surface area contributed by atoms with Gasteiger partial charge < -0.3 is 10.2 Å². The summed E-state index contributed by atoms with van der Waals surface area (Å²) in [4.78, 5) is 15.5. The van der Waals surface area contributed by atoms with Gasteiger partial charge in [-0.1, -0.05) is 44.7 Å². The van der Waals surface area contributed by atoms with Crippen molar-refractivity contribution in [3.8, 4) is 0 Å². The highest BCUT2D eigenvalue weighted by molar-refractivity contribution is 6.09. The molecule has 1 aromatic carbocycles. The molecule has 0 saturated heterocycles. The molecule has 0 atom stereocenters. The lowest BCUT2D eigenvalue weighted by Gasteiger charge is -2.12. The monoisotopic (exact) mass is 381 g/mol. The number of aryl methyl sites for hydroxylation is 2. The van der Waals surface area contributed by atoms with Crippen molar-refractivity contribution in [1.29, 1.82) is 0 Å². The Morgan fingerprint density at radius 1 is 1.14 bits per heavy atom. The Labute approximate surface area is 168 Å². The van der Waals surface area contributed by atoms with Gasteiger partial charge in [-0.2, -0.15) is 0 Å². The number of carbonyl (C=O) groups is 1. The summed E-state index contributed by atoms with van der Waals surface area (Å²) in [5.41, 5.74) is 5.86. The van der Waals surface area contributed by atoms with E-state index in [1.54, 1.807) is 0 Å². The van der Waals surface area contributed by atoms with Gasteiger partial charge in [-0.15, -0.1) is 0 Å². The summed E-state index contributed by atoms with van der Waals surface area (Å²) in [5, 5.41) is 19.7. The summed E-state index contributed by atoms with van der Waals surface area (Å²) in [6.07, 6.45) is 6.16. The predicted molar refractivity (Wildman–Crippen MR) is 118 cm³/mol. The van der Waals surface area contributed by atoms with E-state index < -0.39 is 5.97 Å². The van der Waals surface area contributed by atoms with Crippen molar-refractivity contribution >= 4 is 17.8 Å². The van der Waals surface area contributed by atoms with Crippen LogP contribution < -0.4 is 0 Å². The Bertz CT molecular complexity index is 834. The largest absolute Gasteiger partial charge is 0.507 e. The van der Waals surface area contributed by atoms with Crippen molar-refractivity contribution in [2.24, 2.45) is 4.99 Å². The first-order valence-electron chi connectivity index (χ1n) is 9.53. The van der Waals surface area contributed by atoms with E-state index in [-0.39, 0.29) is 11.3 Å². The molecular formula is C24H31NO3. The molecule has 0 fully saturated rings. The van der Waals surface area contributed by atoms with E-state index in [0.29, 0.717) is 13.0 Å². The Balaban J connectivity index is 3.29. The Hall–Kier alpha value is -2.88. The number of hydrogen-bond donors (Lipinski definition) is 2. The van der Waals surface area contributed by atoms with Crippen LogP contribution in [0.4, 0.5) is 0 Å². The van der Waals surface area contributed by atoms with E-state index in [1.807, 2.05) is 32.9 Å². The van der Waals surface area contributed by atoms with Crippen LogP contribution in [-0.4, -0.2) is 28.9 Å². The molecule has 0 aromatic heterocycles. The maximum atomic E-state index is 11.4. The molecule has 4 heteroatoms. The highest BCUT2D eigenvalue weighted by atomic mass is 16.4. The van der Waals surface area contributed by atoms with Crippen LogP contribution in [0.1, 0.15) is 50.3 Å². The number of nitrogens with zero attached hydrogens (tertiary/aromatic N) is 1. The normalized spacial score (nSPS) is 13.6. The van der Waals surface area contributed by atoms with Gasteiger partial charge in [0.05, 0.1) is 0 Å². The van der Waals surface area contributed by atoms with Gasteiger partial charge >= 0.3 is 5.97 Å². The Morgan fingerprint density at radius 3 is 2.25 bits per heavy atom. The van der Waals surface area contributed by atoms with E-state index in [2.05, 4.69) is 37.6 Å². The molecule has 0 saturated carbocycles. The van der Waals surface area contributed by atoms with Crippen molar-refractivity contribution in [2.45, 2.75) is 47.5 Å². The van der Waals surface area contributed by atoms with Crippen molar-refractivity contribution in [3.05, 3.63) is 76.1 Å². The van der Waals surface area contributed by atoms with Gasteiger partial charge in [-0.05, 0) is 73.1 Å². The zero-order valence-corrected chi connectivity index (χ0v) is 17.5. The van der Waals surface area contributed by atoms with Crippen LogP contribution in [0.5, 0.6) is 0 Å². The molecule has 0 radical (unpaired) electrons. The third-order valence-corrected chi connectivity index (χ3v) is 4.47. The average Bonchev–Trinajstić information content (AvgIpc) is 2.62. The molecule has 0 heterocycles. The fourth-order valence-corrected chi connectivity index (χ4v) is 3.00. The number of benzene rings is 1. The summed E-state index contributed by atoms with van der Waals surface area (Å²) in [6, 6.07) is 6.12. The molecule has 0 aliphatic carbocycles. The molecule has 4 nitrogen and oxygen atoms in total. The predicted octanol–water partition coefficient (Wildman–Crippen LogP) is 5.98. The smallest absolute Gasteiger partial charge is 0.341 e. The first-order valence-corrected chi connectivity index (χ1v) is 9.53. The van der Waals surface area contributed by atoms with E-state index >= 15 is 0 Å². The lowest BCUT2D eigenvalue weighted by molar-refractivity contribution is -0.132. The maximum Gasteiger partial charge on any atom is 0.341 e. The number of aliphatic hydroxyl groups excluding tert-OH is 1. The minimum atomic E-state index is -1.20. The van der Waals surface area contributed by atoms with Crippen molar-refractivity contribution in [2.75, 3.05) is 6.54 Å². The van der Waals surface area contributed by atoms with Crippen LogP contribution in [-0.2, 0) is 4.79 Å². The second-order valence-electron chi connectivity index (χ2n) is 6.78. The highest BCUT2D eigenvalue weighted by Crippen LogP contribution is 2.26. The zero-order valence-electron chi connectivity index (χ0n) is 17.5. The highest BCUT2D eigenvalue weighted by Gasteiger charge is 2.12. The average molecular weight is 382 g/mol. The fourth-order valence-electron chi connectivity index (χ4n) is 3.00. The van der Waals surface area contributed by atoms with Crippen LogP contribution >= 0.6 is 0 Å². The van der Waals surface area contributed by atoms with Gasteiger partial charge in [0, 0.05) is 12.8 Å². The molecule has 0 aliphatic rings. The molecule has 0 bridgehead atoms. The number of aliphatic hydroxyl groups is 1. The van der Waals surface area contributed by atoms with Gasteiger partial charge in [0.1, 0.15) is 11.3 Å². The van der Waals surface area contributed by atoms with E-state index in [0.717, 1.165) is 39.8 Å². The van der Waals surface area contributed by atoms with Gasteiger partial charge in [0.25, 0.3) is 0 Å². The van der Waals surface area contributed by atoms with E-state index in [1.165, 1.54) is 12.3 Å². The van der Waals surface area contributed by atoms with E-state index in [9.17, 15) is 15.0 Å². The summed E-state index contributed by atoms with van der Waals surface area (Å²) >= 11 is 0. The number of carboxylic acids is 1. The number of carboxylic acid groups (broad SMARTS) is 1. The number of aliphatic carboxylic acids is 1. The lowest BCUT2D eigenvalue weighted by Crippen LogP contribution is -2.06. The molecule has 0 aliphatic heterocycles. The third kappa shape index (κ3) is 6.38. The van der Waals surface area contributed by atoms with Gasteiger partial charge in [0.15, 0.2) is 0 Å². The van der Waals surface area contributed by atoms with Gasteiger partial charge in [-0.25, -0.2) is 4.79 Å². The SMILES string of the molecule is C=C(/C=C(C)/C(=C/C(O)=C(\C=NCCC)C(=O)O)CC)c1c(C)cccc1C. The van der Waals surface area contributed by atoms with Crippen LogP contribution in [0, 0.1) is 13.8 Å². The quantitative estimate of drug-likeness (QED) is 0.239. The first kappa shape index (κ1) is 23.2. The van der Waals surface area contributed by atoms with Crippen molar-refractivity contribution < 1.29 is 15.0 Å². The summed E-state index contributed by atoms with van der Waals surface area (Å²) in [5.74, 6) is -1.50. The molecular weight excluding hydrogens is 350 g/mol. The van der Waals surface area contributed by atoms with Crippen LogP contribution in [0.15, 0.2) is 64.4 Å². The Kier molecular flexibility index (Phi) is 9.16. The molecule has 150 valence electrons. The van der Waals surface area contributed by atoms with Crippen molar-refractivity contribution in [1.82, 2.24) is 0 Å². The second kappa shape index (κ2) is 11.1. The molecule has 0 spiro atoms. The zero-order chi connectivity index (χ0) is 21.3. The minimum Gasteiger partial charge on any atom is -0.507 e. The van der Waals surface area contributed by atoms with Gasteiger partial charge in [0.2, 0.25) is 0 Å². The summed E-state index contributed by atoms with van der Waals surface area (Å²) < 4.78 is 0. The molecule has 0 unspecified atom stereocenters. The topological polar surface area (TPSA) is 69.9 Å².